The Labute approximate surface area is 163 Å². The number of carbonyl (C=O) groups excluding carboxylic acids is 1. The predicted octanol–water partition coefficient (Wildman–Crippen LogP) is 5.52. The highest BCUT2D eigenvalue weighted by Gasteiger charge is 2.38. The molecule has 1 amide bonds. The van der Waals surface area contributed by atoms with Gasteiger partial charge < -0.3 is 5.32 Å². The first-order valence-corrected chi connectivity index (χ1v) is 8.70. The van der Waals surface area contributed by atoms with Gasteiger partial charge in [0.15, 0.2) is 0 Å². The van der Waals surface area contributed by atoms with Crippen molar-refractivity contribution in [3.63, 3.8) is 0 Å². The minimum absolute atomic E-state index is 0.239. The summed E-state index contributed by atoms with van der Waals surface area (Å²) in [6, 6.07) is 15.0. The summed E-state index contributed by atoms with van der Waals surface area (Å²) in [6.07, 6.45) is -3.76. The Hall–Kier alpha value is -3.06. The van der Waals surface area contributed by atoms with E-state index in [1.54, 1.807) is 36.4 Å². The number of hydrogen-bond donors (Lipinski definition) is 1. The average Bonchev–Trinajstić information content (AvgIpc) is 2.94. The van der Waals surface area contributed by atoms with Crippen LogP contribution in [0.1, 0.15) is 27.7 Å². The smallest absolute Gasteiger partial charge is 0.361 e. The number of carbonyl (C=O) groups is 1. The second-order valence-electron chi connectivity index (χ2n) is 6.22. The maximum atomic E-state index is 13.0. The van der Waals surface area contributed by atoms with E-state index in [0.29, 0.717) is 22.0 Å². The van der Waals surface area contributed by atoms with Crippen LogP contribution in [0.25, 0.3) is 0 Å². The number of anilines is 2. The number of fused-ring (bicyclic) bond motifs is 1. The van der Waals surface area contributed by atoms with Crippen LogP contribution in [0, 0.1) is 0 Å². The Balaban J connectivity index is 1.76. The molecule has 4 nitrogen and oxygen atoms in total. The zero-order chi connectivity index (χ0) is 19.9. The van der Waals surface area contributed by atoms with Crippen molar-refractivity contribution in [2.45, 2.75) is 12.3 Å². The minimum atomic E-state index is -4.46. The SMILES string of the molecule is O=C1c2ccccc2[C@@H](Nc2cccc(C(F)(F)F)c2)N1c1ccc(Cl)cn1. The van der Waals surface area contributed by atoms with Gasteiger partial charge in [0.1, 0.15) is 12.0 Å². The number of hydrogen-bond acceptors (Lipinski definition) is 3. The molecule has 0 radical (unpaired) electrons. The van der Waals surface area contributed by atoms with Crippen molar-refractivity contribution in [1.82, 2.24) is 4.98 Å². The quantitative estimate of drug-likeness (QED) is 0.625. The number of alkyl halides is 3. The molecule has 0 aliphatic carbocycles. The van der Waals surface area contributed by atoms with Crippen molar-refractivity contribution in [2.75, 3.05) is 10.2 Å². The molecule has 1 aliphatic rings. The number of amides is 1. The van der Waals surface area contributed by atoms with Crippen molar-refractivity contribution < 1.29 is 18.0 Å². The molecule has 1 aromatic heterocycles. The summed E-state index contributed by atoms with van der Waals surface area (Å²) in [6.45, 7) is 0. The van der Waals surface area contributed by atoms with Gasteiger partial charge in [0, 0.05) is 23.0 Å². The van der Waals surface area contributed by atoms with Crippen molar-refractivity contribution in [3.05, 3.63) is 88.6 Å². The molecular weight excluding hydrogens is 391 g/mol. The Morgan fingerprint density at radius 3 is 2.54 bits per heavy atom. The fourth-order valence-electron chi connectivity index (χ4n) is 3.15. The number of rotatable bonds is 3. The Bertz CT molecular complexity index is 1040. The number of aromatic nitrogens is 1. The van der Waals surface area contributed by atoms with E-state index in [2.05, 4.69) is 10.3 Å². The molecule has 3 aromatic rings. The highest BCUT2D eigenvalue weighted by atomic mass is 35.5. The van der Waals surface area contributed by atoms with Gasteiger partial charge in [-0.2, -0.15) is 13.2 Å². The standard InChI is InChI=1S/C20H13ClF3N3O/c21-13-8-9-17(25-11-13)27-18(15-6-1-2-7-16(15)19(27)28)26-14-5-3-4-12(10-14)20(22,23)24/h1-11,18,26H/t18-/m0/s1. The number of benzene rings is 2. The van der Waals surface area contributed by atoms with E-state index in [1.807, 2.05) is 0 Å². The lowest BCUT2D eigenvalue weighted by Gasteiger charge is -2.26. The van der Waals surface area contributed by atoms with E-state index in [9.17, 15) is 18.0 Å². The molecule has 2 aromatic carbocycles. The molecule has 0 saturated carbocycles. The van der Waals surface area contributed by atoms with Crippen molar-refractivity contribution in [2.24, 2.45) is 0 Å². The molecule has 8 heteroatoms. The summed E-state index contributed by atoms with van der Waals surface area (Å²) in [5.74, 6) is 0.0463. The van der Waals surface area contributed by atoms with Crippen LogP contribution in [0.5, 0.6) is 0 Å². The maximum absolute atomic E-state index is 13.0. The lowest BCUT2D eigenvalue weighted by molar-refractivity contribution is -0.137. The highest BCUT2D eigenvalue weighted by Crippen LogP contribution is 2.38. The van der Waals surface area contributed by atoms with E-state index in [0.717, 1.165) is 12.1 Å². The summed E-state index contributed by atoms with van der Waals surface area (Å²) in [7, 11) is 0. The predicted molar refractivity (Wildman–Crippen MR) is 100 cm³/mol. The molecule has 1 N–H and O–H groups in total. The van der Waals surface area contributed by atoms with E-state index >= 15 is 0 Å². The first kappa shape index (κ1) is 18.3. The van der Waals surface area contributed by atoms with Gasteiger partial charge in [-0.15, -0.1) is 0 Å². The van der Waals surface area contributed by atoms with Crippen LogP contribution < -0.4 is 10.2 Å². The monoisotopic (exact) mass is 403 g/mol. The van der Waals surface area contributed by atoms with Crippen LogP contribution in [0.2, 0.25) is 5.02 Å². The minimum Gasteiger partial charge on any atom is -0.361 e. The molecule has 2 heterocycles. The summed E-state index contributed by atoms with van der Waals surface area (Å²) in [5.41, 5.74) is 0.583. The molecule has 0 spiro atoms. The van der Waals surface area contributed by atoms with Gasteiger partial charge in [-0.3, -0.25) is 9.69 Å². The van der Waals surface area contributed by atoms with Crippen LogP contribution in [0.15, 0.2) is 66.9 Å². The Morgan fingerprint density at radius 1 is 1.04 bits per heavy atom. The summed E-state index contributed by atoms with van der Waals surface area (Å²) in [5, 5.41) is 3.45. The molecule has 28 heavy (non-hydrogen) atoms. The Kier molecular flexibility index (Phi) is 4.47. The highest BCUT2D eigenvalue weighted by molar-refractivity contribution is 6.30. The second kappa shape index (κ2) is 6.83. The van der Waals surface area contributed by atoms with Gasteiger partial charge in [-0.1, -0.05) is 35.9 Å². The van der Waals surface area contributed by atoms with Crippen molar-refractivity contribution in [3.8, 4) is 0 Å². The summed E-state index contributed by atoms with van der Waals surface area (Å²) < 4.78 is 39.1. The van der Waals surface area contributed by atoms with Gasteiger partial charge in [0.25, 0.3) is 5.91 Å². The van der Waals surface area contributed by atoms with Crippen LogP contribution in [-0.2, 0) is 6.18 Å². The summed E-state index contributed by atoms with van der Waals surface area (Å²) in [4.78, 5) is 18.5. The Morgan fingerprint density at radius 2 is 1.82 bits per heavy atom. The zero-order valence-corrected chi connectivity index (χ0v) is 15.0. The lowest BCUT2D eigenvalue weighted by atomic mass is 10.1. The molecule has 0 bridgehead atoms. The number of nitrogens with zero attached hydrogens (tertiary/aromatic N) is 2. The van der Waals surface area contributed by atoms with Gasteiger partial charge in [-0.25, -0.2) is 4.98 Å². The van der Waals surface area contributed by atoms with Crippen LogP contribution in [0.3, 0.4) is 0 Å². The van der Waals surface area contributed by atoms with Crippen molar-refractivity contribution in [1.29, 1.82) is 0 Å². The van der Waals surface area contributed by atoms with E-state index in [1.165, 1.54) is 23.2 Å². The molecule has 0 saturated heterocycles. The largest absolute Gasteiger partial charge is 0.416 e. The van der Waals surface area contributed by atoms with Gasteiger partial charge in [-0.05, 0) is 36.4 Å². The van der Waals surface area contributed by atoms with Crippen molar-refractivity contribution >= 4 is 29.0 Å². The summed E-state index contributed by atoms with van der Waals surface area (Å²) >= 11 is 5.88. The zero-order valence-electron chi connectivity index (χ0n) is 14.2. The first-order valence-electron chi connectivity index (χ1n) is 8.32. The van der Waals surface area contributed by atoms with Gasteiger partial charge in [0.05, 0.1) is 10.6 Å². The van der Waals surface area contributed by atoms with E-state index < -0.39 is 17.9 Å². The molecular formula is C20H13ClF3N3O. The molecule has 0 unspecified atom stereocenters. The van der Waals surface area contributed by atoms with E-state index in [-0.39, 0.29) is 11.6 Å². The molecule has 4 rings (SSSR count). The molecule has 0 fully saturated rings. The third-order valence-electron chi connectivity index (χ3n) is 4.41. The van der Waals surface area contributed by atoms with E-state index in [4.69, 9.17) is 11.6 Å². The number of pyridine rings is 1. The number of nitrogens with one attached hydrogen (secondary N) is 1. The third kappa shape index (κ3) is 3.29. The normalized spacial score (nSPS) is 16.2. The maximum Gasteiger partial charge on any atom is 0.416 e. The molecule has 1 atom stereocenters. The molecule has 142 valence electrons. The third-order valence-corrected chi connectivity index (χ3v) is 4.64. The molecule has 1 aliphatic heterocycles. The lowest BCUT2D eigenvalue weighted by Crippen LogP contribution is -2.33. The fourth-order valence-corrected chi connectivity index (χ4v) is 3.26. The first-order chi connectivity index (χ1) is 13.3. The number of halogens is 4. The van der Waals surface area contributed by atoms with Gasteiger partial charge in [0.2, 0.25) is 0 Å². The van der Waals surface area contributed by atoms with Crippen LogP contribution in [0.4, 0.5) is 24.7 Å². The van der Waals surface area contributed by atoms with Crippen LogP contribution >= 0.6 is 11.6 Å². The topological polar surface area (TPSA) is 45.2 Å². The average molecular weight is 404 g/mol. The van der Waals surface area contributed by atoms with Crippen LogP contribution in [-0.4, -0.2) is 10.9 Å². The second-order valence-corrected chi connectivity index (χ2v) is 6.66. The fraction of sp³-hybridized carbons (Fsp3) is 0.100. The van der Waals surface area contributed by atoms with Gasteiger partial charge >= 0.3 is 6.18 Å².